The van der Waals surface area contributed by atoms with Crippen molar-refractivity contribution in [2.45, 2.75) is 32.8 Å². The van der Waals surface area contributed by atoms with Gasteiger partial charge in [-0.2, -0.15) is 18.6 Å². The predicted octanol–water partition coefficient (Wildman–Crippen LogP) is 2.37. The van der Waals surface area contributed by atoms with E-state index in [-0.39, 0.29) is 40.8 Å². The Balaban J connectivity index is 1.89. The highest BCUT2D eigenvalue weighted by Crippen LogP contribution is 2.44. The third-order valence-corrected chi connectivity index (χ3v) is 9.91. The van der Waals surface area contributed by atoms with Crippen molar-refractivity contribution in [1.82, 2.24) is 4.31 Å². The van der Waals surface area contributed by atoms with Crippen molar-refractivity contribution < 1.29 is 39.2 Å². The molecule has 10 nitrogen and oxygen atoms in total. The molecule has 1 unspecified atom stereocenters. The number of fused-ring (bicyclic) bond motifs is 1. The smallest absolute Gasteiger partial charge is 0.297 e. The lowest BCUT2D eigenvalue weighted by molar-refractivity contribution is -0.195. The van der Waals surface area contributed by atoms with Crippen LogP contribution in [0.5, 0.6) is 0 Å². The summed E-state index contributed by atoms with van der Waals surface area (Å²) in [5.74, 6) is 4.84. The van der Waals surface area contributed by atoms with Crippen LogP contribution in [0.3, 0.4) is 0 Å². The molecule has 31 heavy (non-hydrogen) atoms. The van der Waals surface area contributed by atoms with Gasteiger partial charge in [0.05, 0.1) is 25.3 Å². The first-order valence-corrected chi connectivity index (χ1v) is 13.2. The second-order valence-electron chi connectivity index (χ2n) is 6.47. The van der Waals surface area contributed by atoms with Crippen molar-refractivity contribution in [2.75, 3.05) is 26.7 Å². The first kappa shape index (κ1) is 20.5. The minimum absolute atomic E-state index is 0.0709. The van der Waals surface area contributed by atoms with Crippen molar-refractivity contribution >= 4 is 43.5 Å². The SMILES string of the molecule is [2H]C([2H])([2H])OCCCN1CC(OS(=O)(=O)c2ccc(C)cc2)c2cc(SOON)sc2S1(=O)=O. The lowest BCUT2D eigenvalue weighted by atomic mass is 10.2. The topological polar surface area (TPSA) is 134 Å². The molecule has 1 aromatic carbocycles. The summed E-state index contributed by atoms with van der Waals surface area (Å²) in [5.41, 5.74) is 1.01. The lowest BCUT2D eigenvalue weighted by Gasteiger charge is -2.31. The normalized spacial score (nSPS) is 20.6. The molecule has 0 aliphatic carbocycles. The maximum absolute atomic E-state index is 13.2. The summed E-state index contributed by atoms with van der Waals surface area (Å²) in [5, 5.41) is 0. The van der Waals surface area contributed by atoms with Gasteiger partial charge in [0, 0.05) is 32.3 Å². The van der Waals surface area contributed by atoms with Gasteiger partial charge in [-0.25, -0.2) is 8.42 Å². The Morgan fingerprint density at radius 3 is 2.77 bits per heavy atom. The van der Waals surface area contributed by atoms with Gasteiger partial charge in [-0.3, -0.25) is 4.18 Å². The molecule has 0 spiro atoms. The van der Waals surface area contributed by atoms with E-state index in [2.05, 4.69) is 14.1 Å². The van der Waals surface area contributed by atoms with Gasteiger partial charge >= 0.3 is 0 Å². The zero-order valence-electron chi connectivity index (χ0n) is 19.2. The van der Waals surface area contributed by atoms with Gasteiger partial charge < -0.3 is 4.74 Å². The maximum atomic E-state index is 13.2. The number of rotatable bonds is 10. The standard InChI is InChI=1S/C17H22N2O8S4/c1-12-4-6-13(7-5-12)31(22,23)25-15-11-19(8-3-9-24-2)30(20,21)17-14(15)10-16(28-17)29-27-26-18/h4-7,10,15H,3,8-9,11,18H2,1-2H3/i2D3. The van der Waals surface area contributed by atoms with Crippen LogP contribution in [0.4, 0.5) is 0 Å². The van der Waals surface area contributed by atoms with Gasteiger partial charge in [-0.05, 0) is 31.5 Å². The maximum Gasteiger partial charge on any atom is 0.297 e. The number of aryl methyl sites for hydroxylation is 1. The van der Waals surface area contributed by atoms with Crippen LogP contribution in [0.1, 0.15) is 27.8 Å². The number of hydrogen-bond donors (Lipinski definition) is 1. The average molecular weight is 514 g/mol. The van der Waals surface area contributed by atoms with Crippen LogP contribution in [-0.2, 0) is 38.4 Å². The number of ether oxygens (including phenoxy) is 1. The Kier molecular flexibility index (Phi) is 6.79. The number of nitrogens with two attached hydrogens (primary N) is 1. The number of thiophene rings is 1. The fourth-order valence-electron chi connectivity index (χ4n) is 2.90. The Morgan fingerprint density at radius 2 is 2.10 bits per heavy atom. The van der Waals surface area contributed by atoms with Crippen LogP contribution in [0.25, 0.3) is 0 Å². The minimum Gasteiger partial charge on any atom is -0.385 e. The Hall–Kier alpha value is -1.07. The largest absolute Gasteiger partial charge is 0.385 e. The third-order valence-electron chi connectivity index (χ3n) is 4.35. The number of methoxy groups -OCH3 is 1. The molecule has 0 saturated heterocycles. The zero-order chi connectivity index (χ0) is 25.1. The molecule has 0 fully saturated rings. The minimum atomic E-state index is -4.23. The van der Waals surface area contributed by atoms with Crippen LogP contribution in [0.2, 0.25) is 0 Å². The molecule has 1 aromatic heterocycles. The van der Waals surface area contributed by atoms with E-state index >= 15 is 0 Å². The molecular formula is C17H22N2O8S4. The second kappa shape index (κ2) is 10.2. The van der Waals surface area contributed by atoms with Crippen LogP contribution >= 0.6 is 23.4 Å². The molecule has 2 aromatic rings. The molecular weight excluding hydrogens is 488 g/mol. The Morgan fingerprint density at radius 1 is 1.35 bits per heavy atom. The monoisotopic (exact) mass is 513 g/mol. The van der Waals surface area contributed by atoms with E-state index in [0.29, 0.717) is 16.3 Å². The summed E-state index contributed by atoms with van der Waals surface area (Å²) in [4.78, 5) is 3.97. The predicted molar refractivity (Wildman–Crippen MR) is 114 cm³/mol. The fraction of sp³-hybridized carbons (Fsp3) is 0.412. The molecule has 0 radical (unpaired) electrons. The summed E-state index contributed by atoms with van der Waals surface area (Å²) in [6.45, 7) is 1.19. The first-order chi connectivity index (χ1) is 15.8. The van der Waals surface area contributed by atoms with E-state index in [1.54, 1.807) is 19.1 Å². The van der Waals surface area contributed by atoms with Crippen molar-refractivity contribution in [3.8, 4) is 0 Å². The van der Waals surface area contributed by atoms with E-state index in [0.717, 1.165) is 21.2 Å². The summed E-state index contributed by atoms with van der Waals surface area (Å²) in [6, 6.07) is 7.47. The summed E-state index contributed by atoms with van der Waals surface area (Å²) in [7, 11) is -10.9. The molecule has 1 atom stereocenters. The zero-order valence-corrected chi connectivity index (χ0v) is 19.5. The molecule has 14 heteroatoms. The van der Waals surface area contributed by atoms with E-state index in [4.69, 9.17) is 14.2 Å². The van der Waals surface area contributed by atoms with E-state index in [9.17, 15) is 16.8 Å². The highest BCUT2D eigenvalue weighted by Gasteiger charge is 2.41. The van der Waals surface area contributed by atoms with Crippen LogP contribution < -0.4 is 5.90 Å². The number of sulfonamides is 1. The quantitative estimate of drug-likeness (QED) is 0.166. The molecule has 0 saturated carbocycles. The van der Waals surface area contributed by atoms with Crippen LogP contribution in [0.15, 0.2) is 43.6 Å². The van der Waals surface area contributed by atoms with Crippen molar-refractivity contribution in [3.05, 3.63) is 41.5 Å². The molecule has 2 N–H and O–H groups in total. The molecule has 3 rings (SSSR count). The van der Waals surface area contributed by atoms with Gasteiger partial charge in [0.1, 0.15) is 10.3 Å². The van der Waals surface area contributed by atoms with Gasteiger partial charge in [0.25, 0.3) is 20.1 Å². The van der Waals surface area contributed by atoms with Gasteiger partial charge in [-0.15, -0.1) is 20.7 Å². The number of hydrogen-bond acceptors (Lipinski definition) is 11. The molecule has 0 amide bonds. The average Bonchev–Trinajstić information content (AvgIpc) is 3.18. The van der Waals surface area contributed by atoms with E-state index < -0.39 is 33.3 Å². The van der Waals surface area contributed by atoms with Crippen LogP contribution in [0, 0.1) is 6.92 Å². The van der Waals surface area contributed by atoms with E-state index in [1.807, 2.05) is 0 Å². The summed E-state index contributed by atoms with van der Waals surface area (Å²) >= 11 is 1.49. The van der Waals surface area contributed by atoms with Gasteiger partial charge in [0.2, 0.25) is 0 Å². The first-order valence-electron chi connectivity index (χ1n) is 10.3. The molecule has 2 heterocycles. The number of benzene rings is 1. The summed E-state index contributed by atoms with van der Waals surface area (Å²) in [6.07, 6.45) is -1.08. The molecule has 1 aliphatic heterocycles. The third kappa shape index (κ3) is 5.65. The molecule has 1 aliphatic rings. The van der Waals surface area contributed by atoms with Gasteiger partial charge in [0.15, 0.2) is 0 Å². The highest BCUT2D eigenvalue weighted by atomic mass is 32.3. The van der Waals surface area contributed by atoms with Crippen molar-refractivity contribution in [2.24, 2.45) is 5.90 Å². The van der Waals surface area contributed by atoms with Gasteiger partial charge in [-0.1, -0.05) is 17.7 Å². The van der Waals surface area contributed by atoms with Crippen molar-refractivity contribution in [3.63, 3.8) is 0 Å². The Bertz CT molecular complexity index is 1200. The van der Waals surface area contributed by atoms with Crippen molar-refractivity contribution in [1.29, 1.82) is 0 Å². The highest BCUT2D eigenvalue weighted by molar-refractivity contribution is 7.97. The molecule has 172 valence electrons. The lowest BCUT2D eigenvalue weighted by Crippen LogP contribution is -2.41. The van der Waals surface area contributed by atoms with E-state index in [1.165, 1.54) is 18.2 Å². The number of nitrogens with zero attached hydrogens (tertiary/aromatic N) is 1. The Labute approximate surface area is 193 Å². The summed E-state index contributed by atoms with van der Waals surface area (Å²) < 4.78 is 89.4. The fourth-order valence-corrected chi connectivity index (χ4v) is 7.97. The van der Waals surface area contributed by atoms with Crippen LogP contribution in [-0.4, -0.2) is 47.9 Å². The second-order valence-corrected chi connectivity index (χ2v) is 12.2. The molecule has 0 bridgehead atoms.